The molecule has 176 valence electrons. The van der Waals surface area contributed by atoms with Gasteiger partial charge in [0.2, 0.25) is 11.8 Å². The van der Waals surface area contributed by atoms with Crippen LogP contribution < -0.4 is 10.6 Å². The van der Waals surface area contributed by atoms with Crippen molar-refractivity contribution in [3.05, 3.63) is 35.9 Å². The van der Waals surface area contributed by atoms with Crippen molar-refractivity contribution in [3.8, 4) is 0 Å². The second kappa shape index (κ2) is 13.8. The molecule has 0 radical (unpaired) electrons. The lowest BCUT2D eigenvalue weighted by Gasteiger charge is -2.23. The third-order valence-corrected chi connectivity index (χ3v) is 4.52. The monoisotopic (exact) mass is 450 g/mol. The first kappa shape index (κ1) is 26.6. The zero-order valence-electron chi connectivity index (χ0n) is 18.5. The van der Waals surface area contributed by atoms with Crippen LogP contribution in [0.25, 0.3) is 0 Å². The van der Waals surface area contributed by atoms with Crippen molar-refractivity contribution < 1.29 is 38.6 Å². The van der Waals surface area contributed by atoms with E-state index in [0.717, 1.165) is 5.56 Å². The van der Waals surface area contributed by atoms with E-state index in [4.69, 9.17) is 9.47 Å². The average molecular weight is 450 g/mol. The quantitative estimate of drug-likeness (QED) is 0.381. The number of carbonyl (C=O) groups excluding carboxylic acids is 4. The standard InChI is InChI=1S/C22H30N2O8/c1-4-31-19(27)13-16(22(30)32-5-2)20(21(28)29)24-18(26)12-11-17(25)23-14(3)15-9-7-6-8-10-15/h6-10,14,16,20H,4-5,11-13H2,1-3H3,(H,23,25)(H,24,26)(H,28,29)/t14-,16+,20+/m1/s1. The summed E-state index contributed by atoms with van der Waals surface area (Å²) in [5.41, 5.74) is 0.896. The second-order valence-electron chi connectivity index (χ2n) is 6.95. The normalized spacial score (nSPS) is 13.2. The molecule has 0 aliphatic heterocycles. The molecular formula is C22H30N2O8. The Balaban J connectivity index is 2.72. The fourth-order valence-corrected chi connectivity index (χ4v) is 2.93. The molecule has 3 atom stereocenters. The third-order valence-electron chi connectivity index (χ3n) is 4.52. The largest absolute Gasteiger partial charge is 0.480 e. The summed E-state index contributed by atoms with van der Waals surface area (Å²) in [5.74, 6) is -5.86. The zero-order chi connectivity index (χ0) is 24.1. The first-order valence-corrected chi connectivity index (χ1v) is 10.4. The number of hydrogen-bond donors (Lipinski definition) is 3. The van der Waals surface area contributed by atoms with Crippen LogP contribution in [0.2, 0.25) is 0 Å². The van der Waals surface area contributed by atoms with Crippen molar-refractivity contribution in [1.29, 1.82) is 0 Å². The summed E-state index contributed by atoms with van der Waals surface area (Å²) in [6.45, 7) is 4.92. The smallest absolute Gasteiger partial charge is 0.327 e. The van der Waals surface area contributed by atoms with E-state index >= 15 is 0 Å². The minimum atomic E-state index is -1.71. The highest BCUT2D eigenvalue weighted by Crippen LogP contribution is 2.15. The number of carboxylic acids is 1. The second-order valence-corrected chi connectivity index (χ2v) is 6.95. The summed E-state index contributed by atoms with van der Waals surface area (Å²) >= 11 is 0. The Bertz CT molecular complexity index is 796. The molecule has 1 aromatic carbocycles. The molecule has 1 rings (SSSR count). The van der Waals surface area contributed by atoms with E-state index in [1.807, 2.05) is 30.3 Å². The van der Waals surface area contributed by atoms with Gasteiger partial charge in [-0.1, -0.05) is 30.3 Å². The van der Waals surface area contributed by atoms with Crippen molar-refractivity contribution in [2.75, 3.05) is 13.2 Å². The first-order chi connectivity index (χ1) is 15.2. The Labute approximate surface area is 186 Å². The van der Waals surface area contributed by atoms with Crippen LogP contribution in [0.4, 0.5) is 0 Å². The van der Waals surface area contributed by atoms with Gasteiger partial charge in [0.05, 0.1) is 31.6 Å². The molecule has 0 aliphatic carbocycles. The van der Waals surface area contributed by atoms with Crippen LogP contribution in [-0.4, -0.2) is 54.1 Å². The molecule has 1 aromatic rings. The number of esters is 2. The molecule has 0 fully saturated rings. The molecule has 2 amide bonds. The van der Waals surface area contributed by atoms with Gasteiger partial charge in [-0.15, -0.1) is 0 Å². The molecular weight excluding hydrogens is 420 g/mol. The summed E-state index contributed by atoms with van der Waals surface area (Å²) in [6.07, 6.45) is -1.05. The van der Waals surface area contributed by atoms with Crippen molar-refractivity contribution >= 4 is 29.7 Å². The van der Waals surface area contributed by atoms with E-state index in [9.17, 15) is 29.1 Å². The van der Waals surface area contributed by atoms with E-state index in [1.54, 1.807) is 13.8 Å². The van der Waals surface area contributed by atoms with Crippen LogP contribution in [0.1, 0.15) is 51.6 Å². The number of aliphatic carboxylic acids is 1. The summed E-state index contributed by atoms with van der Waals surface area (Å²) in [7, 11) is 0. The number of ether oxygens (including phenoxy) is 2. The highest BCUT2D eigenvalue weighted by molar-refractivity contribution is 5.91. The van der Waals surface area contributed by atoms with Gasteiger partial charge in [0.15, 0.2) is 0 Å². The molecule has 0 saturated heterocycles. The van der Waals surface area contributed by atoms with Crippen LogP contribution >= 0.6 is 0 Å². The van der Waals surface area contributed by atoms with Gasteiger partial charge >= 0.3 is 17.9 Å². The van der Waals surface area contributed by atoms with Gasteiger partial charge in [-0.3, -0.25) is 19.2 Å². The van der Waals surface area contributed by atoms with Gasteiger partial charge in [0.25, 0.3) is 0 Å². The van der Waals surface area contributed by atoms with Crippen LogP contribution in [0, 0.1) is 5.92 Å². The number of hydrogen-bond acceptors (Lipinski definition) is 7. The maximum absolute atomic E-state index is 12.3. The number of carbonyl (C=O) groups is 5. The minimum Gasteiger partial charge on any atom is -0.480 e. The predicted molar refractivity (Wildman–Crippen MR) is 113 cm³/mol. The lowest BCUT2D eigenvalue weighted by Crippen LogP contribution is -2.50. The highest BCUT2D eigenvalue weighted by atomic mass is 16.5. The van der Waals surface area contributed by atoms with Crippen LogP contribution in [0.15, 0.2) is 30.3 Å². The molecule has 32 heavy (non-hydrogen) atoms. The molecule has 10 heteroatoms. The van der Waals surface area contributed by atoms with E-state index in [2.05, 4.69) is 10.6 Å². The van der Waals surface area contributed by atoms with Crippen LogP contribution in [-0.2, 0) is 33.4 Å². The van der Waals surface area contributed by atoms with Crippen LogP contribution in [0.3, 0.4) is 0 Å². The number of carboxylic acid groups (broad SMARTS) is 1. The van der Waals surface area contributed by atoms with E-state index in [0.29, 0.717) is 0 Å². The third kappa shape index (κ3) is 9.15. The summed E-state index contributed by atoms with van der Waals surface area (Å²) in [4.78, 5) is 60.2. The molecule has 3 N–H and O–H groups in total. The molecule has 0 aromatic heterocycles. The molecule has 0 unspecified atom stereocenters. The number of benzene rings is 1. The van der Waals surface area contributed by atoms with Gasteiger partial charge in [-0.2, -0.15) is 0 Å². The maximum Gasteiger partial charge on any atom is 0.327 e. The molecule has 0 heterocycles. The number of amides is 2. The Hall–Kier alpha value is -3.43. The maximum atomic E-state index is 12.3. The fourth-order valence-electron chi connectivity index (χ4n) is 2.93. The van der Waals surface area contributed by atoms with Crippen molar-refractivity contribution in [3.63, 3.8) is 0 Å². The molecule has 0 saturated carbocycles. The lowest BCUT2D eigenvalue weighted by molar-refractivity contribution is -0.160. The first-order valence-electron chi connectivity index (χ1n) is 10.4. The lowest BCUT2D eigenvalue weighted by atomic mass is 9.95. The Morgan fingerprint density at radius 3 is 2.00 bits per heavy atom. The van der Waals surface area contributed by atoms with Gasteiger partial charge in [0, 0.05) is 12.8 Å². The average Bonchev–Trinajstić information content (AvgIpc) is 2.75. The van der Waals surface area contributed by atoms with Gasteiger partial charge in [-0.05, 0) is 26.3 Å². The van der Waals surface area contributed by atoms with Gasteiger partial charge in [0.1, 0.15) is 6.04 Å². The topological polar surface area (TPSA) is 148 Å². The van der Waals surface area contributed by atoms with E-state index in [1.165, 1.54) is 6.92 Å². The predicted octanol–water partition coefficient (Wildman–Crippen LogP) is 1.35. The Morgan fingerprint density at radius 1 is 0.906 bits per heavy atom. The fraction of sp³-hybridized carbons (Fsp3) is 0.500. The summed E-state index contributed by atoms with van der Waals surface area (Å²) in [6, 6.07) is 7.27. The van der Waals surface area contributed by atoms with E-state index in [-0.39, 0.29) is 32.1 Å². The van der Waals surface area contributed by atoms with Crippen LogP contribution in [0.5, 0.6) is 0 Å². The van der Waals surface area contributed by atoms with Gasteiger partial charge in [-0.25, -0.2) is 4.79 Å². The molecule has 0 spiro atoms. The summed E-state index contributed by atoms with van der Waals surface area (Å²) in [5, 5.41) is 14.5. The van der Waals surface area contributed by atoms with Crippen molar-refractivity contribution in [2.24, 2.45) is 5.92 Å². The minimum absolute atomic E-state index is 0.0295. The van der Waals surface area contributed by atoms with E-state index < -0.39 is 48.1 Å². The Kier molecular flexibility index (Phi) is 11.5. The SMILES string of the molecule is CCOC(=O)C[C@H](C(=O)OCC)[C@H](NC(=O)CCC(=O)N[C@H](C)c1ccccc1)C(=O)O. The van der Waals surface area contributed by atoms with Crippen molar-refractivity contribution in [1.82, 2.24) is 10.6 Å². The molecule has 10 nitrogen and oxygen atoms in total. The number of nitrogens with one attached hydrogen (secondary N) is 2. The van der Waals surface area contributed by atoms with Gasteiger partial charge < -0.3 is 25.2 Å². The number of rotatable bonds is 13. The van der Waals surface area contributed by atoms with Crippen molar-refractivity contribution in [2.45, 2.75) is 52.1 Å². The molecule has 0 bridgehead atoms. The summed E-state index contributed by atoms with van der Waals surface area (Å²) < 4.78 is 9.64. The Morgan fingerprint density at radius 2 is 1.47 bits per heavy atom. The molecule has 0 aliphatic rings. The zero-order valence-corrected chi connectivity index (χ0v) is 18.5. The highest BCUT2D eigenvalue weighted by Gasteiger charge is 2.38.